The highest BCUT2D eigenvalue weighted by atomic mass is 35.5. The second-order valence-electron chi connectivity index (χ2n) is 7.38. The summed E-state index contributed by atoms with van der Waals surface area (Å²) in [5.41, 5.74) is 2.97. The highest BCUT2D eigenvalue weighted by Crippen LogP contribution is 2.36. The van der Waals surface area contributed by atoms with Crippen LogP contribution in [0.25, 0.3) is 6.08 Å². The molecule has 0 radical (unpaired) electrons. The van der Waals surface area contributed by atoms with Crippen molar-refractivity contribution in [3.8, 4) is 0 Å². The molecule has 1 amide bonds. The molecular formula is C25H21Cl3N2O. The Morgan fingerprint density at radius 1 is 0.871 bits per heavy atom. The second kappa shape index (κ2) is 9.78. The van der Waals surface area contributed by atoms with Gasteiger partial charge in [0.2, 0.25) is 5.91 Å². The molecule has 0 bridgehead atoms. The minimum Gasteiger partial charge on any atom is -0.360 e. The molecular weight excluding hydrogens is 451 g/mol. The number of carbonyl (C=O) groups excluding carboxylic acids is 1. The first-order chi connectivity index (χ1) is 15.0. The van der Waals surface area contributed by atoms with Gasteiger partial charge in [0.25, 0.3) is 0 Å². The maximum atomic E-state index is 12.9. The smallest absolute Gasteiger partial charge is 0.246 e. The van der Waals surface area contributed by atoms with Crippen LogP contribution in [-0.2, 0) is 4.79 Å². The molecule has 31 heavy (non-hydrogen) atoms. The Balaban J connectivity index is 1.60. The molecule has 3 aromatic rings. The van der Waals surface area contributed by atoms with Gasteiger partial charge in [0.15, 0.2) is 0 Å². The lowest BCUT2D eigenvalue weighted by atomic mass is 10.0. The number of nitrogens with zero attached hydrogens (tertiary/aromatic N) is 2. The lowest BCUT2D eigenvalue weighted by Crippen LogP contribution is -2.50. The van der Waals surface area contributed by atoms with Gasteiger partial charge in [-0.25, -0.2) is 0 Å². The van der Waals surface area contributed by atoms with E-state index in [4.69, 9.17) is 34.8 Å². The summed E-state index contributed by atoms with van der Waals surface area (Å²) in [5, 5.41) is 1.86. The fraction of sp³-hybridized carbons (Fsp3) is 0.160. The third-order valence-corrected chi connectivity index (χ3v) is 6.17. The Labute approximate surface area is 197 Å². The van der Waals surface area contributed by atoms with Crippen LogP contribution >= 0.6 is 34.8 Å². The summed E-state index contributed by atoms with van der Waals surface area (Å²) in [6.45, 7) is 1.79. The first-order valence-electron chi connectivity index (χ1n) is 10.0. The van der Waals surface area contributed by atoms with E-state index in [2.05, 4.69) is 4.90 Å². The third kappa shape index (κ3) is 5.24. The van der Waals surface area contributed by atoms with Crippen molar-refractivity contribution in [2.75, 3.05) is 24.5 Å². The second-order valence-corrected chi connectivity index (χ2v) is 8.66. The molecule has 3 nitrogen and oxygen atoms in total. The van der Waals surface area contributed by atoms with Gasteiger partial charge in [-0.3, -0.25) is 4.79 Å². The summed E-state index contributed by atoms with van der Waals surface area (Å²) < 4.78 is 0. The summed E-state index contributed by atoms with van der Waals surface area (Å²) in [5.74, 6) is -0.00957. The van der Waals surface area contributed by atoms with E-state index in [0.29, 0.717) is 34.7 Å². The largest absolute Gasteiger partial charge is 0.360 e. The maximum absolute atomic E-state index is 12.9. The van der Waals surface area contributed by atoms with Gasteiger partial charge in [-0.2, -0.15) is 0 Å². The van der Waals surface area contributed by atoms with Crippen molar-refractivity contribution in [2.45, 2.75) is 6.04 Å². The molecule has 1 fully saturated rings. The molecule has 0 aliphatic carbocycles. The zero-order valence-electron chi connectivity index (χ0n) is 16.7. The van der Waals surface area contributed by atoms with Crippen LogP contribution in [0.4, 0.5) is 5.69 Å². The third-order valence-electron chi connectivity index (χ3n) is 5.38. The number of halogens is 3. The van der Waals surface area contributed by atoms with E-state index in [1.54, 1.807) is 12.1 Å². The first-order valence-corrected chi connectivity index (χ1v) is 11.1. The van der Waals surface area contributed by atoms with E-state index in [1.807, 2.05) is 77.7 Å². The van der Waals surface area contributed by atoms with Crippen molar-refractivity contribution in [2.24, 2.45) is 0 Å². The number of amides is 1. The maximum Gasteiger partial charge on any atom is 0.246 e. The van der Waals surface area contributed by atoms with Gasteiger partial charge >= 0.3 is 0 Å². The molecule has 0 N–H and O–H groups in total. The number of rotatable bonds is 4. The van der Waals surface area contributed by atoms with E-state index >= 15 is 0 Å². The molecule has 1 unspecified atom stereocenters. The van der Waals surface area contributed by atoms with E-state index < -0.39 is 0 Å². The Kier molecular flexibility index (Phi) is 6.86. The summed E-state index contributed by atoms with van der Waals surface area (Å²) in [7, 11) is 0. The summed E-state index contributed by atoms with van der Waals surface area (Å²) >= 11 is 18.7. The first kappa shape index (κ1) is 21.8. The van der Waals surface area contributed by atoms with Gasteiger partial charge in [-0.15, -0.1) is 0 Å². The summed E-state index contributed by atoms with van der Waals surface area (Å²) in [4.78, 5) is 17.0. The zero-order valence-corrected chi connectivity index (χ0v) is 19.0. The lowest BCUT2D eigenvalue weighted by Gasteiger charge is -2.43. The van der Waals surface area contributed by atoms with Gasteiger partial charge in [0, 0.05) is 35.8 Å². The van der Waals surface area contributed by atoms with Gasteiger partial charge in [-0.1, -0.05) is 77.3 Å². The molecule has 6 heteroatoms. The average Bonchev–Trinajstić information content (AvgIpc) is 2.78. The zero-order chi connectivity index (χ0) is 21.8. The van der Waals surface area contributed by atoms with Gasteiger partial charge in [-0.05, 0) is 47.5 Å². The Morgan fingerprint density at radius 3 is 2.29 bits per heavy atom. The standard InChI is InChI=1S/C25H21Cl3N2O/c26-20-9-7-19(8-10-20)24-17-29(25(31)13-6-18-4-2-1-3-5-18)14-15-30(24)23-12-11-21(27)16-22(23)28/h1-13,16,24H,14-15,17H2/b13-6+. The number of carbonyl (C=O) groups is 1. The van der Waals surface area contributed by atoms with Crippen molar-refractivity contribution in [1.29, 1.82) is 0 Å². The molecule has 1 aliphatic rings. The minimum absolute atomic E-state index is 0.00957. The number of hydrogen-bond donors (Lipinski definition) is 0. The fourth-order valence-corrected chi connectivity index (χ4v) is 4.44. The Bertz CT molecular complexity index is 1080. The monoisotopic (exact) mass is 470 g/mol. The van der Waals surface area contributed by atoms with E-state index in [-0.39, 0.29) is 11.9 Å². The van der Waals surface area contributed by atoms with Crippen LogP contribution in [0.2, 0.25) is 15.1 Å². The van der Waals surface area contributed by atoms with Crippen molar-refractivity contribution in [3.05, 3.63) is 105 Å². The van der Waals surface area contributed by atoms with Gasteiger partial charge in [0.1, 0.15) is 0 Å². The number of hydrogen-bond acceptors (Lipinski definition) is 2. The van der Waals surface area contributed by atoms with E-state index in [1.165, 1.54) is 0 Å². The topological polar surface area (TPSA) is 23.6 Å². The van der Waals surface area contributed by atoms with Crippen molar-refractivity contribution >= 4 is 52.5 Å². The van der Waals surface area contributed by atoms with Crippen LogP contribution in [0.5, 0.6) is 0 Å². The van der Waals surface area contributed by atoms with Crippen LogP contribution in [0.3, 0.4) is 0 Å². The average molecular weight is 472 g/mol. The normalized spacial score (nSPS) is 16.7. The molecule has 1 aliphatic heterocycles. The highest BCUT2D eigenvalue weighted by molar-refractivity contribution is 6.36. The van der Waals surface area contributed by atoms with E-state index in [9.17, 15) is 4.79 Å². The number of anilines is 1. The quantitative estimate of drug-likeness (QED) is 0.393. The molecule has 1 atom stereocenters. The summed E-state index contributed by atoms with van der Waals surface area (Å²) in [6.07, 6.45) is 3.49. The highest BCUT2D eigenvalue weighted by Gasteiger charge is 2.31. The number of benzene rings is 3. The van der Waals surface area contributed by atoms with Crippen LogP contribution in [0.15, 0.2) is 78.9 Å². The molecule has 0 aromatic heterocycles. The van der Waals surface area contributed by atoms with Crippen LogP contribution < -0.4 is 4.90 Å². The lowest BCUT2D eigenvalue weighted by molar-refractivity contribution is -0.126. The fourth-order valence-electron chi connectivity index (χ4n) is 3.79. The Morgan fingerprint density at radius 2 is 1.58 bits per heavy atom. The van der Waals surface area contributed by atoms with Crippen LogP contribution in [0, 0.1) is 0 Å². The predicted molar refractivity (Wildman–Crippen MR) is 130 cm³/mol. The molecule has 158 valence electrons. The van der Waals surface area contributed by atoms with Gasteiger partial charge in [0.05, 0.1) is 16.8 Å². The van der Waals surface area contributed by atoms with Crippen molar-refractivity contribution in [1.82, 2.24) is 4.90 Å². The van der Waals surface area contributed by atoms with Crippen LogP contribution in [-0.4, -0.2) is 30.4 Å². The van der Waals surface area contributed by atoms with Gasteiger partial charge < -0.3 is 9.80 Å². The molecule has 1 heterocycles. The van der Waals surface area contributed by atoms with E-state index in [0.717, 1.165) is 16.8 Å². The van der Waals surface area contributed by atoms with Crippen molar-refractivity contribution in [3.63, 3.8) is 0 Å². The number of piperazine rings is 1. The minimum atomic E-state index is -0.0567. The Hall–Kier alpha value is -2.46. The molecule has 0 spiro atoms. The molecule has 0 saturated carbocycles. The predicted octanol–water partition coefficient (Wildman–Crippen LogP) is 6.75. The molecule has 1 saturated heterocycles. The summed E-state index contributed by atoms with van der Waals surface area (Å²) in [6, 6.07) is 23.0. The molecule has 4 rings (SSSR count). The SMILES string of the molecule is O=C(/C=C/c1ccccc1)N1CCN(c2ccc(Cl)cc2Cl)C(c2ccc(Cl)cc2)C1. The molecule has 3 aromatic carbocycles. The van der Waals surface area contributed by atoms with Crippen LogP contribution in [0.1, 0.15) is 17.2 Å². The van der Waals surface area contributed by atoms with Crippen molar-refractivity contribution < 1.29 is 4.79 Å².